The Kier molecular flexibility index (Phi) is 5.24. The Morgan fingerprint density at radius 1 is 0.938 bits per heavy atom. The summed E-state index contributed by atoms with van der Waals surface area (Å²) in [5.41, 5.74) is 2.29. The molecule has 1 fully saturated rings. The number of carbonyl (C=O) groups is 1. The number of nitrogens with zero attached hydrogens (tertiary/aromatic N) is 7. The third-order valence-corrected chi connectivity index (χ3v) is 5.76. The van der Waals surface area contributed by atoms with Crippen molar-refractivity contribution in [2.45, 2.75) is 0 Å². The van der Waals surface area contributed by atoms with E-state index in [1.165, 1.54) is 0 Å². The minimum absolute atomic E-state index is 0.212. The van der Waals surface area contributed by atoms with Crippen molar-refractivity contribution >= 4 is 28.3 Å². The minimum Gasteiger partial charge on any atom is -0.354 e. The molecule has 9 heteroatoms. The normalized spacial score (nSPS) is 14.6. The maximum Gasteiger partial charge on any atom is 0.257 e. The van der Waals surface area contributed by atoms with Crippen molar-refractivity contribution in [1.29, 1.82) is 0 Å². The fourth-order valence-electron chi connectivity index (χ4n) is 3.81. The lowest BCUT2D eigenvalue weighted by molar-refractivity contribution is 0.102. The number of rotatable bonds is 4. The Morgan fingerprint density at radius 2 is 1.75 bits per heavy atom. The number of anilines is 2. The molecule has 1 aliphatic rings. The van der Waals surface area contributed by atoms with Gasteiger partial charge in [0.15, 0.2) is 0 Å². The first kappa shape index (κ1) is 20.1. The second-order valence-electron chi connectivity index (χ2n) is 8.02. The van der Waals surface area contributed by atoms with Crippen LogP contribution in [0.5, 0.6) is 0 Å². The molecule has 0 spiro atoms. The molecule has 1 aliphatic heterocycles. The van der Waals surface area contributed by atoms with Crippen LogP contribution in [0.4, 0.5) is 11.6 Å². The molecule has 0 bridgehead atoms. The zero-order valence-electron chi connectivity index (χ0n) is 18.1. The van der Waals surface area contributed by atoms with E-state index in [9.17, 15) is 4.79 Å². The maximum absolute atomic E-state index is 12.9. The first-order valence-electron chi connectivity index (χ1n) is 10.5. The molecule has 4 aromatic heterocycles. The van der Waals surface area contributed by atoms with Crippen molar-refractivity contribution < 1.29 is 4.79 Å². The van der Waals surface area contributed by atoms with E-state index in [0.29, 0.717) is 11.4 Å². The predicted octanol–water partition coefficient (Wildman–Crippen LogP) is 2.43. The van der Waals surface area contributed by atoms with Crippen molar-refractivity contribution in [3.8, 4) is 11.4 Å². The lowest BCUT2D eigenvalue weighted by Crippen LogP contribution is -2.44. The molecule has 5 heterocycles. The number of hydrogen-bond donors (Lipinski definition) is 1. The van der Waals surface area contributed by atoms with E-state index in [1.54, 1.807) is 37.2 Å². The zero-order valence-corrected chi connectivity index (χ0v) is 18.1. The molecular weight excluding hydrogens is 404 g/mol. The van der Waals surface area contributed by atoms with Gasteiger partial charge in [-0.15, -0.1) is 0 Å². The van der Waals surface area contributed by atoms with Gasteiger partial charge in [-0.3, -0.25) is 9.78 Å². The summed E-state index contributed by atoms with van der Waals surface area (Å²) in [6, 6.07) is 7.39. The number of aryl methyl sites for hydroxylation is 1. The number of hydrogen-bond acceptors (Lipinski definition) is 7. The number of pyridine rings is 3. The van der Waals surface area contributed by atoms with Crippen LogP contribution in [0.2, 0.25) is 0 Å². The van der Waals surface area contributed by atoms with Crippen LogP contribution in [-0.2, 0) is 7.05 Å². The summed E-state index contributed by atoms with van der Waals surface area (Å²) in [6.07, 6.45) is 8.70. The third kappa shape index (κ3) is 4.02. The molecule has 9 nitrogen and oxygen atoms in total. The van der Waals surface area contributed by atoms with Gasteiger partial charge in [0.05, 0.1) is 23.9 Å². The quantitative estimate of drug-likeness (QED) is 0.534. The smallest absolute Gasteiger partial charge is 0.257 e. The van der Waals surface area contributed by atoms with E-state index in [0.717, 1.165) is 54.2 Å². The number of likely N-dealkylation sites (N-methyl/N-ethyl adjacent to an activating group) is 1. The largest absolute Gasteiger partial charge is 0.354 e. The van der Waals surface area contributed by atoms with E-state index < -0.39 is 0 Å². The summed E-state index contributed by atoms with van der Waals surface area (Å²) in [5, 5.41) is 4.75. The Balaban J connectivity index is 1.36. The molecule has 0 aliphatic carbocycles. The number of carbonyl (C=O) groups excluding carboxylic acids is 1. The van der Waals surface area contributed by atoms with Gasteiger partial charge < -0.3 is 19.7 Å². The molecule has 1 saturated heterocycles. The van der Waals surface area contributed by atoms with Gasteiger partial charge in [-0.25, -0.2) is 15.0 Å². The van der Waals surface area contributed by atoms with Gasteiger partial charge in [-0.2, -0.15) is 0 Å². The van der Waals surface area contributed by atoms with Crippen LogP contribution in [0.15, 0.2) is 55.4 Å². The van der Waals surface area contributed by atoms with Gasteiger partial charge in [0.1, 0.15) is 11.6 Å². The highest BCUT2D eigenvalue weighted by Gasteiger charge is 2.17. The summed E-state index contributed by atoms with van der Waals surface area (Å²) >= 11 is 0. The van der Waals surface area contributed by atoms with Gasteiger partial charge in [0.25, 0.3) is 5.91 Å². The number of nitrogens with one attached hydrogen (secondary N) is 1. The van der Waals surface area contributed by atoms with Crippen LogP contribution in [0, 0.1) is 0 Å². The first-order chi connectivity index (χ1) is 15.6. The van der Waals surface area contributed by atoms with Crippen molar-refractivity contribution in [2.75, 3.05) is 43.4 Å². The van der Waals surface area contributed by atoms with Crippen LogP contribution in [0.1, 0.15) is 10.4 Å². The van der Waals surface area contributed by atoms with Crippen molar-refractivity contribution in [3.63, 3.8) is 0 Å². The van der Waals surface area contributed by atoms with Gasteiger partial charge >= 0.3 is 0 Å². The monoisotopic (exact) mass is 428 g/mol. The number of fused-ring (bicyclic) bond motifs is 1. The highest BCUT2D eigenvalue weighted by atomic mass is 16.1. The molecule has 5 rings (SSSR count). The van der Waals surface area contributed by atoms with Crippen LogP contribution in [-0.4, -0.2) is 68.5 Å². The second kappa shape index (κ2) is 8.35. The zero-order chi connectivity index (χ0) is 22.1. The van der Waals surface area contributed by atoms with Crippen LogP contribution < -0.4 is 10.2 Å². The van der Waals surface area contributed by atoms with Crippen LogP contribution >= 0.6 is 0 Å². The predicted molar refractivity (Wildman–Crippen MR) is 124 cm³/mol. The van der Waals surface area contributed by atoms with Crippen molar-refractivity contribution in [2.24, 2.45) is 7.05 Å². The van der Waals surface area contributed by atoms with E-state index in [2.05, 4.69) is 42.1 Å². The second-order valence-corrected chi connectivity index (χ2v) is 8.02. The summed E-state index contributed by atoms with van der Waals surface area (Å²) in [5.74, 6) is 1.10. The molecule has 162 valence electrons. The number of aromatic nitrogens is 5. The van der Waals surface area contributed by atoms with Gasteiger partial charge in [-0.1, -0.05) is 0 Å². The Bertz CT molecular complexity index is 1280. The van der Waals surface area contributed by atoms with Gasteiger partial charge in [-0.05, 0) is 36.7 Å². The van der Waals surface area contributed by atoms with Gasteiger partial charge in [0, 0.05) is 62.8 Å². The average Bonchev–Trinajstić information content (AvgIpc) is 3.25. The van der Waals surface area contributed by atoms with Crippen LogP contribution in [0.25, 0.3) is 22.2 Å². The minimum atomic E-state index is -0.212. The lowest BCUT2D eigenvalue weighted by atomic mass is 10.1. The molecule has 0 radical (unpaired) electrons. The highest BCUT2D eigenvalue weighted by molar-refractivity contribution is 6.05. The van der Waals surface area contributed by atoms with Gasteiger partial charge in [0.2, 0.25) is 0 Å². The summed E-state index contributed by atoms with van der Waals surface area (Å²) < 4.78 is 1.92. The topological polar surface area (TPSA) is 92.1 Å². The SMILES string of the molecule is CN1CCN(c2cc(C(=O)Nc3cc4cc(-c5cncn5C)ncc4cn3)ccn2)CC1. The van der Waals surface area contributed by atoms with E-state index >= 15 is 0 Å². The van der Waals surface area contributed by atoms with Crippen LogP contribution in [0.3, 0.4) is 0 Å². The lowest BCUT2D eigenvalue weighted by Gasteiger charge is -2.33. The number of piperazine rings is 1. The first-order valence-corrected chi connectivity index (χ1v) is 10.5. The van der Waals surface area contributed by atoms with E-state index in [4.69, 9.17) is 0 Å². The fourth-order valence-corrected chi connectivity index (χ4v) is 3.81. The third-order valence-electron chi connectivity index (χ3n) is 5.76. The summed E-state index contributed by atoms with van der Waals surface area (Å²) in [4.78, 5) is 34.9. The molecule has 0 unspecified atom stereocenters. The fraction of sp³-hybridized carbons (Fsp3) is 0.261. The molecule has 1 amide bonds. The molecule has 32 heavy (non-hydrogen) atoms. The molecular formula is C23H24N8O. The molecule has 0 saturated carbocycles. The summed E-state index contributed by atoms with van der Waals surface area (Å²) in [6.45, 7) is 3.76. The van der Waals surface area contributed by atoms with Crippen molar-refractivity contribution in [3.05, 3.63) is 60.9 Å². The molecule has 4 aromatic rings. The molecule has 0 aromatic carbocycles. The average molecular weight is 429 g/mol. The number of amides is 1. The Morgan fingerprint density at radius 3 is 2.53 bits per heavy atom. The molecule has 1 N–H and O–H groups in total. The standard InChI is InChI=1S/C23H24N8O/c1-29-5-7-31(8-6-29)22-11-16(3-4-25-22)23(32)28-21-10-17-9-19(20-14-24-15-30(20)2)26-12-18(17)13-27-21/h3-4,9-15H,5-8H2,1-2H3,(H,27,28,32). The highest BCUT2D eigenvalue weighted by Crippen LogP contribution is 2.23. The van der Waals surface area contributed by atoms with Crippen molar-refractivity contribution in [1.82, 2.24) is 29.4 Å². The molecule has 0 atom stereocenters. The number of imidazole rings is 1. The Labute approximate surface area is 185 Å². The Hall–Kier alpha value is -3.85. The maximum atomic E-state index is 12.9. The van der Waals surface area contributed by atoms with E-state index in [1.807, 2.05) is 29.8 Å². The van der Waals surface area contributed by atoms with E-state index in [-0.39, 0.29) is 5.91 Å². The summed E-state index contributed by atoms with van der Waals surface area (Å²) in [7, 11) is 4.04.